The first-order valence-electron chi connectivity index (χ1n) is 8.37. The first-order chi connectivity index (χ1) is 12.2. The molecule has 1 heterocycles. The summed E-state index contributed by atoms with van der Waals surface area (Å²) in [6.45, 7) is 1.54. The molecule has 26 heavy (non-hydrogen) atoms. The second-order valence-corrected chi connectivity index (χ2v) is 11.6. The van der Waals surface area contributed by atoms with Gasteiger partial charge in [-0.1, -0.05) is 6.92 Å². The van der Waals surface area contributed by atoms with Crippen LogP contribution in [0.15, 0.2) is 34.1 Å². The van der Waals surface area contributed by atoms with Crippen molar-refractivity contribution in [3.63, 3.8) is 0 Å². The highest BCUT2D eigenvalue weighted by molar-refractivity contribution is 8.00. The van der Waals surface area contributed by atoms with E-state index in [9.17, 15) is 21.6 Å². The molecule has 10 heteroatoms. The third kappa shape index (κ3) is 3.64. The first-order valence-corrected chi connectivity index (χ1v) is 12.6. The standard InChI is InChI=1S/C16H22N2O5S3/c1-3-25(20,21)13-6-8-14(9-7-13)26(22,23)18-11-24-10-15(18)16(19)17(2)12-4-5-12/h6-9,12,15H,3-5,10-11H2,1-2H3. The average Bonchev–Trinajstić information content (AvgIpc) is 3.36. The van der Waals surface area contributed by atoms with Crippen molar-refractivity contribution in [2.75, 3.05) is 24.4 Å². The number of sulfonamides is 1. The van der Waals surface area contributed by atoms with Gasteiger partial charge in [0, 0.05) is 18.8 Å². The van der Waals surface area contributed by atoms with E-state index in [0.717, 1.165) is 12.8 Å². The number of thioether (sulfide) groups is 1. The summed E-state index contributed by atoms with van der Waals surface area (Å²) in [6.07, 6.45) is 1.92. The molecule has 0 aromatic heterocycles. The SMILES string of the molecule is CCS(=O)(=O)c1ccc(S(=O)(=O)N2CSCC2C(=O)N(C)C2CC2)cc1. The van der Waals surface area contributed by atoms with Crippen LogP contribution in [0.1, 0.15) is 19.8 Å². The third-order valence-corrected chi connectivity index (χ3v) is 9.53. The molecule has 1 amide bonds. The van der Waals surface area contributed by atoms with Gasteiger partial charge in [0.05, 0.1) is 21.4 Å². The number of carbonyl (C=O) groups is 1. The van der Waals surface area contributed by atoms with Crippen LogP contribution >= 0.6 is 11.8 Å². The minimum Gasteiger partial charge on any atom is -0.341 e. The lowest BCUT2D eigenvalue weighted by Crippen LogP contribution is -2.48. The van der Waals surface area contributed by atoms with Gasteiger partial charge in [-0.2, -0.15) is 4.31 Å². The Hall–Kier alpha value is -1.10. The van der Waals surface area contributed by atoms with Crippen LogP contribution in [0, 0.1) is 0 Å². The molecule has 1 saturated carbocycles. The molecule has 2 fully saturated rings. The van der Waals surface area contributed by atoms with Gasteiger partial charge in [-0.15, -0.1) is 11.8 Å². The molecule has 1 aromatic rings. The van der Waals surface area contributed by atoms with E-state index in [1.54, 1.807) is 11.9 Å². The minimum absolute atomic E-state index is 0.00179. The zero-order chi connectivity index (χ0) is 19.1. The van der Waals surface area contributed by atoms with Gasteiger partial charge in [0.25, 0.3) is 0 Å². The molecule has 0 radical (unpaired) electrons. The predicted molar refractivity (Wildman–Crippen MR) is 100 cm³/mol. The van der Waals surface area contributed by atoms with Crippen molar-refractivity contribution in [1.29, 1.82) is 0 Å². The fourth-order valence-electron chi connectivity index (χ4n) is 2.86. The largest absolute Gasteiger partial charge is 0.341 e. The molecule has 1 atom stereocenters. The maximum Gasteiger partial charge on any atom is 0.244 e. The van der Waals surface area contributed by atoms with Gasteiger partial charge in [0.2, 0.25) is 15.9 Å². The summed E-state index contributed by atoms with van der Waals surface area (Å²) < 4.78 is 51.0. The molecule has 0 N–H and O–H groups in total. The Kier molecular flexibility index (Phi) is 5.40. The Morgan fingerprint density at radius 3 is 2.27 bits per heavy atom. The van der Waals surface area contributed by atoms with Crippen LogP contribution in [0.25, 0.3) is 0 Å². The highest BCUT2D eigenvalue weighted by Crippen LogP contribution is 2.32. The van der Waals surface area contributed by atoms with Crippen molar-refractivity contribution in [3.8, 4) is 0 Å². The molecular formula is C16H22N2O5S3. The molecule has 1 aliphatic heterocycles. The average molecular weight is 419 g/mol. The number of likely N-dealkylation sites (N-methyl/N-ethyl adjacent to an activating group) is 1. The van der Waals surface area contributed by atoms with Gasteiger partial charge in [0.15, 0.2) is 9.84 Å². The lowest BCUT2D eigenvalue weighted by Gasteiger charge is -2.26. The van der Waals surface area contributed by atoms with E-state index in [0.29, 0.717) is 5.75 Å². The summed E-state index contributed by atoms with van der Waals surface area (Å²) in [5.74, 6) is 0.418. The Bertz CT molecular complexity index is 892. The normalized spacial score (nSPS) is 21.7. The zero-order valence-corrected chi connectivity index (χ0v) is 17.1. The van der Waals surface area contributed by atoms with E-state index >= 15 is 0 Å². The molecule has 7 nitrogen and oxygen atoms in total. The van der Waals surface area contributed by atoms with Crippen LogP contribution in [-0.2, 0) is 24.7 Å². The molecular weight excluding hydrogens is 396 g/mol. The van der Waals surface area contributed by atoms with E-state index in [2.05, 4.69) is 0 Å². The minimum atomic E-state index is -3.87. The van der Waals surface area contributed by atoms with Crippen LogP contribution in [0.2, 0.25) is 0 Å². The van der Waals surface area contributed by atoms with Crippen molar-refractivity contribution in [2.45, 2.75) is 41.6 Å². The van der Waals surface area contributed by atoms with Crippen LogP contribution in [0.4, 0.5) is 0 Å². The van der Waals surface area contributed by atoms with Crippen LogP contribution in [-0.4, -0.2) is 68.5 Å². The van der Waals surface area contributed by atoms with Gasteiger partial charge in [-0.25, -0.2) is 16.8 Å². The highest BCUT2D eigenvalue weighted by atomic mass is 32.2. The zero-order valence-electron chi connectivity index (χ0n) is 14.7. The van der Waals surface area contributed by atoms with Crippen molar-refractivity contribution in [1.82, 2.24) is 9.21 Å². The van der Waals surface area contributed by atoms with E-state index < -0.39 is 25.9 Å². The van der Waals surface area contributed by atoms with Crippen molar-refractivity contribution in [2.24, 2.45) is 0 Å². The molecule has 1 aliphatic carbocycles. The fraction of sp³-hybridized carbons (Fsp3) is 0.562. The van der Waals surface area contributed by atoms with Crippen LogP contribution in [0.3, 0.4) is 0 Å². The van der Waals surface area contributed by atoms with Crippen molar-refractivity contribution >= 4 is 37.5 Å². The lowest BCUT2D eigenvalue weighted by molar-refractivity contribution is -0.133. The first kappa shape index (κ1) is 19.7. The lowest BCUT2D eigenvalue weighted by atomic mass is 10.3. The van der Waals surface area contributed by atoms with E-state index in [-0.39, 0.29) is 33.4 Å². The van der Waals surface area contributed by atoms with E-state index in [1.165, 1.54) is 47.3 Å². The molecule has 144 valence electrons. The van der Waals surface area contributed by atoms with E-state index in [4.69, 9.17) is 0 Å². The summed E-state index contributed by atoms with van der Waals surface area (Å²) in [5.41, 5.74) is 0. The number of carbonyl (C=O) groups excluding carboxylic acids is 1. The van der Waals surface area contributed by atoms with Gasteiger partial charge < -0.3 is 4.90 Å². The number of nitrogens with zero attached hydrogens (tertiary/aromatic N) is 2. The Balaban J connectivity index is 1.85. The Labute approximate surface area is 158 Å². The summed E-state index contributed by atoms with van der Waals surface area (Å²) in [7, 11) is -5.54. The summed E-state index contributed by atoms with van der Waals surface area (Å²) in [5, 5.41) is 0. The Morgan fingerprint density at radius 2 is 1.73 bits per heavy atom. The number of hydrogen-bond acceptors (Lipinski definition) is 6. The smallest absolute Gasteiger partial charge is 0.244 e. The highest BCUT2D eigenvalue weighted by Gasteiger charge is 2.43. The van der Waals surface area contributed by atoms with Crippen LogP contribution < -0.4 is 0 Å². The van der Waals surface area contributed by atoms with Gasteiger partial charge in [-0.05, 0) is 37.1 Å². The number of benzene rings is 1. The molecule has 2 aliphatic rings. The monoisotopic (exact) mass is 418 g/mol. The van der Waals surface area contributed by atoms with Crippen LogP contribution in [0.5, 0.6) is 0 Å². The van der Waals surface area contributed by atoms with E-state index in [1.807, 2.05) is 0 Å². The third-order valence-electron chi connectivity index (χ3n) is 4.74. The van der Waals surface area contributed by atoms with Gasteiger partial charge >= 0.3 is 0 Å². The summed E-state index contributed by atoms with van der Waals surface area (Å²) in [6, 6.07) is 4.72. The van der Waals surface area contributed by atoms with Crippen molar-refractivity contribution < 1.29 is 21.6 Å². The molecule has 1 saturated heterocycles. The van der Waals surface area contributed by atoms with Crippen molar-refractivity contribution in [3.05, 3.63) is 24.3 Å². The second kappa shape index (κ2) is 7.14. The molecule has 0 bridgehead atoms. The number of hydrogen-bond donors (Lipinski definition) is 0. The predicted octanol–water partition coefficient (Wildman–Crippen LogP) is 1.16. The second-order valence-electron chi connectivity index (χ2n) is 6.46. The van der Waals surface area contributed by atoms with Gasteiger partial charge in [0.1, 0.15) is 6.04 Å². The van der Waals surface area contributed by atoms with Gasteiger partial charge in [-0.3, -0.25) is 4.79 Å². The Morgan fingerprint density at radius 1 is 1.15 bits per heavy atom. The molecule has 0 spiro atoms. The maximum absolute atomic E-state index is 13.0. The number of amides is 1. The number of rotatable bonds is 6. The topological polar surface area (TPSA) is 91.8 Å². The maximum atomic E-state index is 13.0. The summed E-state index contributed by atoms with van der Waals surface area (Å²) >= 11 is 1.40. The fourth-order valence-corrected chi connectivity index (χ4v) is 6.88. The molecule has 1 aromatic carbocycles. The molecule has 3 rings (SSSR count). The summed E-state index contributed by atoms with van der Waals surface area (Å²) in [4.78, 5) is 14.4. The number of sulfone groups is 1. The quantitative estimate of drug-likeness (QED) is 0.689. The molecule has 1 unspecified atom stereocenters.